The van der Waals surface area contributed by atoms with Crippen molar-refractivity contribution in [3.63, 3.8) is 0 Å². The molecule has 1 heterocycles. The van der Waals surface area contributed by atoms with Crippen molar-refractivity contribution in [3.8, 4) is 11.5 Å². The summed E-state index contributed by atoms with van der Waals surface area (Å²) in [7, 11) is 0. The van der Waals surface area contributed by atoms with Crippen LogP contribution in [0.5, 0.6) is 11.5 Å². The fourth-order valence-electron chi connectivity index (χ4n) is 16.9. The zero-order valence-electron chi connectivity index (χ0n) is 53.6. The van der Waals surface area contributed by atoms with Gasteiger partial charge in [-0.2, -0.15) is 0 Å². The van der Waals surface area contributed by atoms with Crippen LogP contribution in [0.15, 0.2) is 11.6 Å². The van der Waals surface area contributed by atoms with E-state index >= 15 is 0 Å². The maximum atomic E-state index is 13.3. The number of carbonyl (C=O) groups is 2. The first-order valence-electron chi connectivity index (χ1n) is 33.8. The largest absolute Gasteiger partial charge is 0.487 e. The summed E-state index contributed by atoms with van der Waals surface area (Å²) in [5.41, 5.74) is 6.73. The van der Waals surface area contributed by atoms with Gasteiger partial charge in [0.15, 0.2) is 0 Å². The molecule has 11 atom stereocenters. The molecule has 1 aromatic carbocycles. The number of nitrogens with zero attached hydrogens (tertiary/aromatic N) is 1. The maximum Gasteiger partial charge on any atom is 0.311 e. The first-order chi connectivity index (χ1) is 37.2. The van der Waals surface area contributed by atoms with E-state index in [0.717, 1.165) is 172 Å². The van der Waals surface area contributed by atoms with E-state index in [1.807, 2.05) is 0 Å². The standard InChI is InChI=1S/C72H123NO5/c1-15-16-47-73(48-21-17-19-34-66(74)76-60-40-45-71(13)59(50-60)36-37-62-64-39-38-63(55(8)33-24-28-52(4)5)72(64,14)46-42-65(62)71)49-22-18-20-35-67(75)77-68-56(9)57(10)69-61(58(68)11)41-44-70(12,78-69)43-26-32-54(7)31-25-30-53(6)29-23-27-51(2)3/h36,51-55,60,62-65H,15-35,37-50H2,1-14H3. The van der Waals surface area contributed by atoms with Crippen molar-refractivity contribution >= 4 is 11.9 Å². The Kier molecular flexibility index (Phi) is 25.6. The molecule has 0 aromatic heterocycles. The van der Waals surface area contributed by atoms with Gasteiger partial charge in [0.05, 0.1) is 0 Å². The summed E-state index contributed by atoms with van der Waals surface area (Å²) in [5, 5.41) is 0. The van der Waals surface area contributed by atoms with Gasteiger partial charge >= 0.3 is 11.9 Å². The molecule has 3 saturated carbocycles. The fourth-order valence-corrected chi connectivity index (χ4v) is 16.9. The number of hydrogen-bond acceptors (Lipinski definition) is 6. The van der Waals surface area contributed by atoms with Gasteiger partial charge < -0.3 is 19.1 Å². The Hall–Kier alpha value is -2.34. The van der Waals surface area contributed by atoms with E-state index < -0.39 is 0 Å². The molecule has 6 nitrogen and oxygen atoms in total. The Morgan fingerprint density at radius 1 is 0.641 bits per heavy atom. The van der Waals surface area contributed by atoms with Crippen LogP contribution in [-0.4, -0.2) is 48.2 Å². The highest BCUT2D eigenvalue weighted by atomic mass is 16.5. The molecule has 78 heavy (non-hydrogen) atoms. The highest BCUT2D eigenvalue weighted by Crippen LogP contribution is 2.67. The lowest BCUT2D eigenvalue weighted by molar-refractivity contribution is -0.151. The van der Waals surface area contributed by atoms with Crippen molar-refractivity contribution in [3.05, 3.63) is 33.9 Å². The molecule has 0 saturated heterocycles. The third kappa shape index (κ3) is 17.8. The third-order valence-electron chi connectivity index (χ3n) is 22.2. The summed E-state index contributed by atoms with van der Waals surface area (Å²) in [6.07, 6.45) is 40.1. The minimum Gasteiger partial charge on any atom is -0.487 e. The minimum atomic E-state index is -0.151. The second kappa shape index (κ2) is 30.8. The minimum absolute atomic E-state index is 0.0143. The van der Waals surface area contributed by atoms with Crippen molar-refractivity contribution in [2.24, 2.45) is 64.1 Å². The highest BCUT2D eigenvalue weighted by molar-refractivity contribution is 5.74. The van der Waals surface area contributed by atoms with Crippen LogP contribution in [0.2, 0.25) is 0 Å². The predicted molar refractivity (Wildman–Crippen MR) is 330 cm³/mol. The van der Waals surface area contributed by atoms with E-state index in [2.05, 4.69) is 108 Å². The van der Waals surface area contributed by atoms with Gasteiger partial charge in [0.1, 0.15) is 23.2 Å². The lowest BCUT2D eigenvalue weighted by Crippen LogP contribution is -2.51. The Morgan fingerprint density at radius 2 is 1.26 bits per heavy atom. The first kappa shape index (κ1) is 64.8. The molecule has 446 valence electrons. The number of allylic oxidation sites excluding steroid dienone is 1. The normalized spacial score (nSPS) is 27.9. The molecule has 6 heteroatoms. The van der Waals surface area contributed by atoms with Gasteiger partial charge in [-0.3, -0.25) is 9.59 Å². The van der Waals surface area contributed by atoms with Crippen molar-refractivity contribution in [2.75, 3.05) is 19.6 Å². The maximum absolute atomic E-state index is 13.3. The van der Waals surface area contributed by atoms with Crippen molar-refractivity contribution < 1.29 is 23.8 Å². The Bertz CT molecular complexity index is 2040. The number of fused-ring (bicyclic) bond motifs is 6. The molecular formula is C72H123NO5. The average Bonchev–Trinajstić information content (AvgIpc) is 3.75. The zero-order valence-corrected chi connectivity index (χ0v) is 53.6. The molecular weight excluding hydrogens is 959 g/mol. The quantitative estimate of drug-likeness (QED) is 0.0297. The summed E-state index contributed by atoms with van der Waals surface area (Å²) in [6.45, 7) is 36.4. The van der Waals surface area contributed by atoms with Gasteiger partial charge in [0, 0.05) is 24.8 Å². The number of benzene rings is 1. The second-order valence-electron chi connectivity index (χ2n) is 29.4. The van der Waals surface area contributed by atoms with Gasteiger partial charge in [-0.25, -0.2) is 0 Å². The van der Waals surface area contributed by atoms with Crippen LogP contribution in [0.4, 0.5) is 0 Å². The Labute approximate surface area is 481 Å². The van der Waals surface area contributed by atoms with Gasteiger partial charge in [-0.1, -0.05) is 164 Å². The molecule has 0 amide bonds. The number of hydrogen-bond donors (Lipinski definition) is 0. The summed E-state index contributed by atoms with van der Waals surface area (Å²) >= 11 is 0. The number of carbonyl (C=O) groups excluding carboxylic acids is 2. The van der Waals surface area contributed by atoms with E-state index in [1.165, 1.54) is 128 Å². The average molecular weight is 1080 g/mol. The molecule has 5 aliphatic rings. The fraction of sp³-hybridized carbons (Fsp3) is 0.861. The van der Waals surface area contributed by atoms with Gasteiger partial charge in [-0.05, 0) is 231 Å². The van der Waals surface area contributed by atoms with Crippen LogP contribution in [-0.2, 0) is 20.7 Å². The molecule has 1 aromatic rings. The van der Waals surface area contributed by atoms with Crippen LogP contribution in [0.25, 0.3) is 0 Å². The molecule has 0 radical (unpaired) electrons. The van der Waals surface area contributed by atoms with Gasteiger partial charge in [0.25, 0.3) is 0 Å². The Balaban J connectivity index is 0.846. The van der Waals surface area contributed by atoms with E-state index in [-0.39, 0.29) is 29.1 Å². The van der Waals surface area contributed by atoms with Crippen LogP contribution in [0.1, 0.15) is 297 Å². The van der Waals surface area contributed by atoms with Gasteiger partial charge in [0.2, 0.25) is 0 Å². The first-order valence-corrected chi connectivity index (χ1v) is 33.8. The monoisotopic (exact) mass is 1080 g/mol. The van der Waals surface area contributed by atoms with E-state index in [0.29, 0.717) is 18.3 Å². The molecule has 0 N–H and O–H groups in total. The summed E-state index contributed by atoms with van der Waals surface area (Å²) in [5.74, 6) is 9.22. The van der Waals surface area contributed by atoms with Crippen LogP contribution < -0.4 is 9.47 Å². The van der Waals surface area contributed by atoms with Crippen molar-refractivity contribution in [1.29, 1.82) is 0 Å². The second-order valence-corrected chi connectivity index (χ2v) is 29.4. The number of esters is 2. The van der Waals surface area contributed by atoms with Crippen molar-refractivity contribution in [1.82, 2.24) is 4.90 Å². The molecule has 0 spiro atoms. The van der Waals surface area contributed by atoms with Crippen LogP contribution >= 0.6 is 0 Å². The van der Waals surface area contributed by atoms with E-state index in [9.17, 15) is 9.59 Å². The molecule has 6 rings (SSSR count). The smallest absolute Gasteiger partial charge is 0.311 e. The van der Waals surface area contributed by atoms with E-state index in [4.69, 9.17) is 14.2 Å². The van der Waals surface area contributed by atoms with Crippen LogP contribution in [0, 0.1) is 84.9 Å². The molecule has 4 aliphatic carbocycles. The number of rotatable bonds is 34. The lowest BCUT2D eigenvalue weighted by atomic mass is 9.47. The molecule has 3 fully saturated rings. The molecule has 0 bridgehead atoms. The van der Waals surface area contributed by atoms with E-state index in [1.54, 1.807) is 5.57 Å². The number of ether oxygens (including phenoxy) is 3. The number of unbranched alkanes of at least 4 members (excludes halogenated alkanes) is 5. The summed E-state index contributed by atoms with van der Waals surface area (Å²) in [4.78, 5) is 29.2. The van der Waals surface area contributed by atoms with Crippen molar-refractivity contribution in [2.45, 2.75) is 314 Å². The zero-order chi connectivity index (χ0) is 56.6. The SMILES string of the molecule is CCCCN(CCCCCC(=O)Oc1c(C)c(C)c2c(c1C)CCC(C)(CCCC(C)CCCC(C)CCCC(C)C)O2)CCCCCC(=O)OC1CCC2(C)C(=CCC3C2CCC2(C)C(C(C)CCCC(C)C)CCC32)C1. The summed E-state index contributed by atoms with van der Waals surface area (Å²) < 4.78 is 19.4. The lowest BCUT2D eigenvalue weighted by Gasteiger charge is -2.58. The summed E-state index contributed by atoms with van der Waals surface area (Å²) in [6, 6.07) is 0. The highest BCUT2D eigenvalue weighted by Gasteiger charge is 2.59. The molecule has 11 unspecified atom stereocenters. The third-order valence-corrected chi connectivity index (χ3v) is 22.2. The predicted octanol–water partition coefficient (Wildman–Crippen LogP) is 20.2. The van der Waals surface area contributed by atoms with Crippen LogP contribution in [0.3, 0.4) is 0 Å². The Morgan fingerprint density at radius 3 is 1.91 bits per heavy atom. The van der Waals surface area contributed by atoms with Gasteiger partial charge in [-0.15, -0.1) is 0 Å². The topological polar surface area (TPSA) is 65.1 Å². The molecule has 1 aliphatic heterocycles.